The van der Waals surface area contributed by atoms with Gasteiger partial charge in [0.15, 0.2) is 17.8 Å². The van der Waals surface area contributed by atoms with Crippen molar-refractivity contribution in [3.8, 4) is 11.3 Å². The Morgan fingerprint density at radius 3 is 2.95 bits per heavy atom. The smallest absolute Gasteiger partial charge is 0.273 e. The summed E-state index contributed by atoms with van der Waals surface area (Å²) in [4.78, 5) is 16.3. The minimum Gasteiger partial charge on any atom is -0.443 e. The average Bonchev–Trinajstić information content (AvgIpc) is 3.17. The van der Waals surface area contributed by atoms with Crippen LogP contribution < -0.4 is 10.6 Å². The van der Waals surface area contributed by atoms with Gasteiger partial charge in [-0.3, -0.25) is 4.79 Å². The zero-order chi connectivity index (χ0) is 14.7. The topological polar surface area (TPSA) is 67.2 Å². The first kappa shape index (κ1) is 13.8. The second-order valence-corrected chi connectivity index (χ2v) is 5.40. The molecule has 0 bridgehead atoms. The fraction of sp³-hybridized carbons (Fsp3) is 0.375. The van der Waals surface area contributed by atoms with Crippen LogP contribution in [0.5, 0.6) is 0 Å². The van der Waals surface area contributed by atoms with Gasteiger partial charge in [0.2, 0.25) is 0 Å². The first-order chi connectivity index (χ1) is 10.2. The van der Waals surface area contributed by atoms with E-state index in [0.29, 0.717) is 24.0 Å². The standard InChI is InChI=1S/C16H19N3O2/c1-11-4-6-12(7-5-11)15-14(19-10-21-15)16(20)18-9-13-3-2-8-17-13/h4-7,10,13,17H,2-3,8-9H2,1H3,(H,18,20). The zero-order valence-electron chi connectivity index (χ0n) is 12.1. The number of hydrogen-bond acceptors (Lipinski definition) is 4. The first-order valence-corrected chi connectivity index (χ1v) is 7.26. The monoisotopic (exact) mass is 285 g/mol. The molecule has 1 amide bonds. The van der Waals surface area contributed by atoms with E-state index >= 15 is 0 Å². The number of nitrogens with zero attached hydrogens (tertiary/aromatic N) is 1. The van der Waals surface area contributed by atoms with Crippen LogP contribution in [0.4, 0.5) is 0 Å². The molecule has 1 unspecified atom stereocenters. The SMILES string of the molecule is Cc1ccc(-c2ocnc2C(=O)NCC2CCCN2)cc1. The van der Waals surface area contributed by atoms with Crippen LogP contribution in [0.1, 0.15) is 28.9 Å². The Hall–Kier alpha value is -2.14. The summed E-state index contributed by atoms with van der Waals surface area (Å²) in [6, 6.07) is 8.21. The number of oxazole rings is 1. The molecule has 0 aliphatic carbocycles. The zero-order valence-corrected chi connectivity index (χ0v) is 12.1. The number of carbonyl (C=O) groups is 1. The molecule has 5 heteroatoms. The summed E-state index contributed by atoms with van der Waals surface area (Å²) < 4.78 is 5.40. The first-order valence-electron chi connectivity index (χ1n) is 7.26. The van der Waals surface area contributed by atoms with Crippen LogP contribution >= 0.6 is 0 Å². The normalized spacial score (nSPS) is 17.9. The number of hydrogen-bond donors (Lipinski definition) is 2. The van der Waals surface area contributed by atoms with Crippen molar-refractivity contribution >= 4 is 5.91 Å². The maximum Gasteiger partial charge on any atom is 0.273 e. The lowest BCUT2D eigenvalue weighted by molar-refractivity contribution is 0.0946. The van der Waals surface area contributed by atoms with Crippen molar-refractivity contribution in [3.63, 3.8) is 0 Å². The number of aryl methyl sites for hydroxylation is 1. The van der Waals surface area contributed by atoms with Gasteiger partial charge in [-0.25, -0.2) is 4.98 Å². The second-order valence-electron chi connectivity index (χ2n) is 5.40. The lowest BCUT2D eigenvalue weighted by atomic mass is 10.1. The van der Waals surface area contributed by atoms with Crippen LogP contribution in [0.25, 0.3) is 11.3 Å². The van der Waals surface area contributed by atoms with Gasteiger partial charge in [0.05, 0.1) is 0 Å². The number of nitrogens with one attached hydrogen (secondary N) is 2. The highest BCUT2D eigenvalue weighted by molar-refractivity contribution is 5.97. The molecule has 0 saturated carbocycles. The summed E-state index contributed by atoms with van der Waals surface area (Å²) in [6.07, 6.45) is 3.58. The van der Waals surface area contributed by atoms with Crippen molar-refractivity contribution in [2.45, 2.75) is 25.8 Å². The van der Waals surface area contributed by atoms with Crippen LogP contribution in [0, 0.1) is 6.92 Å². The third kappa shape index (κ3) is 3.13. The predicted octanol–water partition coefficient (Wildman–Crippen LogP) is 2.13. The van der Waals surface area contributed by atoms with E-state index in [2.05, 4.69) is 15.6 Å². The Labute approximate surface area is 123 Å². The van der Waals surface area contributed by atoms with Gasteiger partial charge < -0.3 is 15.1 Å². The largest absolute Gasteiger partial charge is 0.443 e. The summed E-state index contributed by atoms with van der Waals surface area (Å²) in [5, 5.41) is 6.28. The molecule has 2 N–H and O–H groups in total. The van der Waals surface area contributed by atoms with Crippen LogP contribution in [-0.2, 0) is 0 Å². The summed E-state index contributed by atoms with van der Waals surface area (Å²) in [6.45, 7) is 3.67. The minimum atomic E-state index is -0.187. The van der Waals surface area contributed by atoms with Crippen LogP contribution in [0.15, 0.2) is 35.1 Å². The Balaban J connectivity index is 1.72. The lowest BCUT2D eigenvalue weighted by Gasteiger charge is -2.10. The number of amides is 1. The highest BCUT2D eigenvalue weighted by atomic mass is 16.3. The van der Waals surface area contributed by atoms with Crippen LogP contribution in [0.2, 0.25) is 0 Å². The van der Waals surface area contributed by atoms with Gasteiger partial charge in [0.1, 0.15) is 0 Å². The number of carbonyl (C=O) groups excluding carboxylic acids is 1. The molecular formula is C16H19N3O2. The van der Waals surface area contributed by atoms with Crippen molar-refractivity contribution in [1.29, 1.82) is 0 Å². The van der Waals surface area contributed by atoms with E-state index in [1.54, 1.807) is 0 Å². The summed E-state index contributed by atoms with van der Waals surface area (Å²) in [5.41, 5.74) is 2.37. The molecule has 1 aliphatic heterocycles. The molecule has 1 saturated heterocycles. The van der Waals surface area contributed by atoms with Gasteiger partial charge in [-0.15, -0.1) is 0 Å². The molecule has 1 aromatic heterocycles. The molecule has 2 heterocycles. The van der Waals surface area contributed by atoms with Crippen LogP contribution in [-0.4, -0.2) is 30.0 Å². The molecule has 3 rings (SSSR count). The summed E-state index contributed by atoms with van der Waals surface area (Å²) in [7, 11) is 0. The lowest BCUT2D eigenvalue weighted by Crippen LogP contribution is -2.37. The van der Waals surface area contributed by atoms with Crippen molar-refractivity contribution in [1.82, 2.24) is 15.6 Å². The molecule has 1 atom stereocenters. The third-order valence-electron chi connectivity index (χ3n) is 3.77. The van der Waals surface area contributed by atoms with E-state index in [1.807, 2.05) is 31.2 Å². The molecule has 0 spiro atoms. The van der Waals surface area contributed by atoms with Crippen LogP contribution in [0.3, 0.4) is 0 Å². The quantitative estimate of drug-likeness (QED) is 0.903. The van der Waals surface area contributed by atoms with Crippen molar-refractivity contribution in [2.75, 3.05) is 13.1 Å². The van der Waals surface area contributed by atoms with E-state index in [4.69, 9.17) is 4.42 Å². The maximum atomic E-state index is 12.3. The Kier molecular flexibility index (Phi) is 4.01. The maximum absolute atomic E-state index is 12.3. The Bertz CT molecular complexity index is 613. The van der Waals surface area contributed by atoms with E-state index in [1.165, 1.54) is 12.8 Å². The van der Waals surface area contributed by atoms with Gasteiger partial charge in [0.25, 0.3) is 5.91 Å². The number of benzene rings is 1. The van der Waals surface area contributed by atoms with Gasteiger partial charge in [0, 0.05) is 18.2 Å². The fourth-order valence-electron chi connectivity index (χ4n) is 2.55. The van der Waals surface area contributed by atoms with E-state index in [-0.39, 0.29) is 5.91 Å². The molecule has 0 radical (unpaired) electrons. The molecule has 1 aromatic carbocycles. The molecule has 1 aliphatic rings. The molecule has 110 valence electrons. The molecule has 21 heavy (non-hydrogen) atoms. The van der Waals surface area contributed by atoms with E-state index < -0.39 is 0 Å². The molecular weight excluding hydrogens is 266 g/mol. The molecule has 1 fully saturated rings. The van der Waals surface area contributed by atoms with Gasteiger partial charge >= 0.3 is 0 Å². The summed E-state index contributed by atoms with van der Waals surface area (Å²) >= 11 is 0. The Morgan fingerprint density at radius 1 is 1.43 bits per heavy atom. The van der Waals surface area contributed by atoms with Gasteiger partial charge in [-0.2, -0.15) is 0 Å². The van der Waals surface area contributed by atoms with Gasteiger partial charge in [-0.1, -0.05) is 29.8 Å². The predicted molar refractivity (Wildman–Crippen MR) is 80.0 cm³/mol. The number of rotatable bonds is 4. The second kappa shape index (κ2) is 6.10. The average molecular weight is 285 g/mol. The summed E-state index contributed by atoms with van der Waals surface area (Å²) in [5.74, 6) is 0.333. The van der Waals surface area contributed by atoms with Crippen molar-refractivity contribution < 1.29 is 9.21 Å². The van der Waals surface area contributed by atoms with Gasteiger partial charge in [-0.05, 0) is 26.3 Å². The third-order valence-corrected chi connectivity index (χ3v) is 3.77. The Morgan fingerprint density at radius 2 is 2.24 bits per heavy atom. The number of aromatic nitrogens is 1. The highest BCUT2D eigenvalue weighted by Gasteiger charge is 2.20. The van der Waals surface area contributed by atoms with Crippen molar-refractivity contribution in [3.05, 3.63) is 41.9 Å². The van der Waals surface area contributed by atoms with E-state index in [0.717, 1.165) is 24.1 Å². The van der Waals surface area contributed by atoms with E-state index in [9.17, 15) is 4.79 Å². The minimum absolute atomic E-state index is 0.187. The molecule has 2 aromatic rings. The fourth-order valence-corrected chi connectivity index (χ4v) is 2.55. The highest BCUT2D eigenvalue weighted by Crippen LogP contribution is 2.23. The molecule has 5 nitrogen and oxygen atoms in total. The van der Waals surface area contributed by atoms with Crippen molar-refractivity contribution in [2.24, 2.45) is 0 Å².